The van der Waals surface area contributed by atoms with E-state index in [1.54, 1.807) is 0 Å². The van der Waals surface area contributed by atoms with E-state index in [0.29, 0.717) is 6.54 Å². The van der Waals surface area contributed by atoms with Crippen molar-refractivity contribution in [3.63, 3.8) is 0 Å². The van der Waals surface area contributed by atoms with Crippen LogP contribution in [0.25, 0.3) is 0 Å². The number of nitrogens with one attached hydrogen (secondary N) is 2. The maximum atomic E-state index is 10.9. The monoisotopic (exact) mass is 155 g/mol. The van der Waals surface area contributed by atoms with Crippen molar-refractivity contribution in [3.05, 3.63) is 22.7 Å². The van der Waals surface area contributed by atoms with Gasteiger partial charge >= 0.3 is 0 Å². The normalized spacial score (nSPS) is 9.55. The molecule has 0 bridgehead atoms. The molecule has 0 unspecified atom stereocenters. The Morgan fingerprint density at radius 1 is 1.73 bits per heavy atom. The fraction of sp³-hybridized carbons (Fsp3) is 0.333. The van der Waals surface area contributed by atoms with Crippen LogP contribution >= 0.6 is 0 Å². The summed E-state index contributed by atoms with van der Waals surface area (Å²) in [4.78, 5) is 17.1. The molecule has 0 fully saturated rings. The highest BCUT2D eigenvalue weighted by Crippen LogP contribution is 1.86. The highest BCUT2D eigenvalue weighted by Gasteiger charge is 1.95. The third kappa shape index (κ3) is 2.05. The molecule has 1 aromatic rings. The highest BCUT2D eigenvalue weighted by atomic mass is 16.3. The molecule has 0 aliphatic carbocycles. The molecule has 0 aliphatic rings. The van der Waals surface area contributed by atoms with Gasteiger partial charge in [0.05, 0.1) is 6.61 Å². The van der Waals surface area contributed by atoms with Crippen LogP contribution in [0, 0.1) is 0 Å². The minimum atomic E-state index is -0.277. The fourth-order valence-corrected chi connectivity index (χ4v) is 0.652. The van der Waals surface area contributed by atoms with Gasteiger partial charge in [0, 0.05) is 18.9 Å². The number of hydrogen-bond donors (Lipinski definition) is 3. The van der Waals surface area contributed by atoms with Crippen LogP contribution in [0.15, 0.2) is 17.2 Å². The molecule has 60 valence electrons. The summed E-state index contributed by atoms with van der Waals surface area (Å²) in [5.74, 6) is 0.238. The number of aliphatic hydroxyl groups is 1. The number of nitrogens with zero attached hydrogens (tertiary/aromatic N) is 1. The minimum Gasteiger partial charge on any atom is -0.395 e. The van der Waals surface area contributed by atoms with Gasteiger partial charge in [-0.15, -0.1) is 0 Å². The van der Waals surface area contributed by atoms with E-state index in [-0.39, 0.29) is 18.0 Å². The van der Waals surface area contributed by atoms with Gasteiger partial charge in [0.25, 0.3) is 5.56 Å². The van der Waals surface area contributed by atoms with Crippen molar-refractivity contribution in [2.45, 2.75) is 0 Å². The van der Waals surface area contributed by atoms with Crippen LogP contribution in [-0.2, 0) is 0 Å². The van der Waals surface area contributed by atoms with Crippen molar-refractivity contribution >= 4 is 5.82 Å². The quantitative estimate of drug-likeness (QED) is 0.532. The molecule has 0 aromatic carbocycles. The molecule has 1 aromatic heterocycles. The molecule has 0 radical (unpaired) electrons. The predicted octanol–water partition coefficient (Wildman–Crippen LogP) is -0.826. The summed E-state index contributed by atoms with van der Waals surface area (Å²) in [6.07, 6.45) is 2.92. The first-order chi connectivity index (χ1) is 5.34. The first kappa shape index (κ1) is 7.74. The number of anilines is 1. The Morgan fingerprint density at radius 3 is 3.18 bits per heavy atom. The van der Waals surface area contributed by atoms with E-state index in [9.17, 15) is 4.79 Å². The number of aromatic amines is 1. The third-order valence-electron chi connectivity index (χ3n) is 1.11. The number of hydrogen-bond acceptors (Lipinski definition) is 4. The summed E-state index contributed by atoms with van der Waals surface area (Å²) in [5.41, 5.74) is -0.277. The van der Waals surface area contributed by atoms with Crippen LogP contribution in [0.4, 0.5) is 5.82 Å². The lowest BCUT2D eigenvalue weighted by atomic mass is 10.6. The molecule has 3 N–H and O–H groups in total. The van der Waals surface area contributed by atoms with Gasteiger partial charge in [-0.2, -0.15) is 0 Å². The Balaban J connectivity index is 2.70. The van der Waals surface area contributed by atoms with Crippen molar-refractivity contribution in [2.24, 2.45) is 0 Å². The van der Waals surface area contributed by atoms with Crippen molar-refractivity contribution < 1.29 is 5.11 Å². The number of H-pyrrole nitrogens is 1. The summed E-state index contributed by atoms with van der Waals surface area (Å²) < 4.78 is 0. The van der Waals surface area contributed by atoms with Gasteiger partial charge in [-0.3, -0.25) is 4.79 Å². The van der Waals surface area contributed by atoms with Gasteiger partial charge in [0.15, 0.2) is 5.82 Å². The zero-order chi connectivity index (χ0) is 8.10. The van der Waals surface area contributed by atoms with Crippen molar-refractivity contribution in [3.8, 4) is 0 Å². The molecule has 1 rings (SSSR count). The Morgan fingerprint density at radius 2 is 2.55 bits per heavy atom. The Labute approximate surface area is 63.1 Å². The second-order valence-corrected chi connectivity index (χ2v) is 1.92. The van der Waals surface area contributed by atoms with Gasteiger partial charge in [-0.1, -0.05) is 0 Å². The van der Waals surface area contributed by atoms with E-state index in [1.807, 2.05) is 0 Å². The second-order valence-electron chi connectivity index (χ2n) is 1.92. The van der Waals surface area contributed by atoms with E-state index in [4.69, 9.17) is 5.11 Å². The molecule has 0 aliphatic heterocycles. The molecule has 1 heterocycles. The number of aliphatic hydroxyl groups excluding tert-OH is 1. The topological polar surface area (TPSA) is 78.0 Å². The number of aromatic nitrogens is 2. The van der Waals surface area contributed by atoms with Crippen LogP contribution in [0.1, 0.15) is 0 Å². The molecule has 5 nitrogen and oxygen atoms in total. The minimum absolute atomic E-state index is 0.0178. The van der Waals surface area contributed by atoms with Crippen molar-refractivity contribution in [1.29, 1.82) is 0 Å². The van der Waals surface area contributed by atoms with Crippen molar-refractivity contribution in [2.75, 3.05) is 18.5 Å². The average molecular weight is 155 g/mol. The Hall–Kier alpha value is -1.36. The molecule has 0 saturated heterocycles. The molecule has 0 saturated carbocycles. The fourth-order valence-electron chi connectivity index (χ4n) is 0.652. The van der Waals surface area contributed by atoms with Gasteiger partial charge in [0.2, 0.25) is 0 Å². The van der Waals surface area contributed by atoms with Crippen LogP contribution < -0.4 is 10.9 Å². The highest BCUT2D eigenvalue weighted by molar-refractivity contribution is 5.29. The Bertz CT molecular complexity index is 271. The van der Waals surface area contributed by atoms with Gasteiger partial charge < -0.3 is 15.4 Å². The maximum Gasteiger partial charge on any atom is 0.290 e. The smallest absolute Gasteiger partial charge is 0.290 e. The van der Waals surface area contributed by atoms with Crippen LogP contribution in [0.2, 0.25) is 0 Å². The van der Waals surface area contributed by atoms with Gasteiger partial charge in [-0.25, -0.2) is 4.98 Å². The SMILES string of the molecule is O=c1[nH]ccnc1NCCO. The largest absolute Gasteiger partial charge is 0.395 e. The average Bonchev–Trinajstić information content (AvgIpc) is 2.03. The molecular formula is C6H9N3O2. The predicted molar refractivity (Wildman–Crippen MR) is 40.4 cm³/mol. The summed E-state index contributed by atoms with van der Waals surface area (Å²) in [6.45, 7) is 0.316. The summed E-state index contributed by atoms with van der Waals surface area (Å²) in [7, 11) is 0. The molecular weight excluding hydrogens is 146 g/mol. The van der Waals surface area contributed by atoms with E-state index in [1.165, 1.54) is 12.4 Å². The van der Waals surface area contributed by atoms with E-state index < -0.39 is 0 Å². The molecule has 0 spiro atoms. The van der Waals surface area contributed by atoms with E-state index >= 15 is 0 Å². The number of rotatable bonds is 3. The first-order valence-corrected chi connectivity index (χ1v) is 3.23. The lowest BCUT2D eigenvalue weighted by molar-refractivity contribution is 0.311. The van der Waals surface area contributed by atoms with Gasteiger partial charge in [-0.05, 0) is 0 Å². The van der Waals surface area contributed by atoms with Crippen LogP contribution in [0.3, 0.4) is 0 Å². The summed E-state index contributed by atoms with van der Waals surface area (Å²) in [5, 5.41) is 11.1. The van der Waals surface area contributed by atoms with Crippen molar-refractivity contribution in [1.82, 2.24) is 9.97 Å². The Kier molecular flexibility index (Phi) is 2.62. The summed E-state index contributed by atoms with van der Waals surface area (Å²) >= 11 is 0. The first-order valence-electron chi connectivity index (χ1n) is 3.23. The van der Waals surface area contributed by atoms with E-state index in [0.717, 1.165) is 0 Å². The molecule has 11 heavy (non-hydrogen) atoms. The van der Waals surface area contributed by atoms with Crippen LogP contribution in [0.5, 0.6) is 0 Å². The third-order valence-corrected chi connectivity index (χ3v) is 1.11. The lowest BCUT2D eigenvalue weighted by Crippen LogP contribution is -2.17. The van der Waals surface area contributed by atoms with Crippen LogP contribution in [-0.4, -0.2) is 28.2 Å². The maximum absolute atomic E-state index is 10.9. The standard InChI is InChI=1S/C6H9N3O2/c10-4-3-8-5-6(11)9-2-1-7-5/h1-2,10H,3-4H2,(H,7,8)(H,9,11). The zero-order valence-electron chi connectivity index (χ0n) is 5.87. The molecule has 0 amide bonds. The van der Waals surface area contributed by atoms with Gasteiger partial charge in [0.1, 0.15) is 0 Å². The molecule has 0 atom stereocenters. The molecule has 5 heteroatoms. The van der Waals surface area contributed by atoms with E-state index in [2.05, 4.69) is 15.3 Å². The second kappa shape index (κ2) is 3.72. The zero-order valence-corrected chi connectivity index (χ0v) is 5.87. The lowest BCUT2D eigenvalue weighted by Gasteiger charge is -1.99. The summed E-state index contributed by atoms with van der Waals surface area (Å²) in [6, 6.07) is 0.